The summed E-state index contributed by atoms with van der Waals surface area (Å²) in [6.07, 6.45) is 10.0. The van der Waals surface area contributed by atoms with Gasteiger partial charge in [-0.15, -0.1) is 0 Å². The molecule has 0 saturated carbocycles. The van der Waals surface area contributed by atoms with Crippen LogP contribution in [-0.2, 0) is 19.1 Å². The minimum absolute atomic E-state index is 0.00840. The predicted molar refractivity (Wildman–Crippen MR) is 126 cm³/mol. The van der Waals surface area contributed by atoms with Crippen LogP contribution in [0.3, 0.4) is 0 Å². The van der Waals surface area contributed by atoms with Gasteiger partial charge in [-0.3, -0.25) is 9.59 Å². The summed E-state index contributed by atoms with van der Waals surface area (Å²) in [6.45, 7) is 8.35. The van der Waals surface area contributed by atoms with E-state index in [4.69, 9.17) is 9.47 Å². The molecule has 0 aromatic heterocycles. The fourth-order valence-corrected chi connectivity index (χ4v) is 6.12. The number of aliphatic hydroxyl groups is 2. The lowest BCUT2D eigenvalue weighted by atomic mass is 9.66. The van der Waals surface area contributed by atoms with Gasteiger partial charge in [0.2, 0.25) is 0 Å². The highest BCUT2D eigenvalue weighted by Crippen LogP contribution is 2.45. The van der Waals surface area contributed by atoms with Gasteiger partial charge in [-0.05, 0) is 50.0 Å². The van der Waals surface area contributed by atoms with Crippen LogP contribution in [0.4, 0.5) is 0 Å². The van der Waals surface area contributed by atoms with Gasteiger partial charge in [0, 0.05) is 18.8 Å². The SMILES string of the molecule is CCCC(C)(CCC)C(=O)O[C@H]1C[C@H](O)C=C2C=C[C@H](C)[C@H](CC[C@@H]3C[C@@H](O)CC(=O)O3)[C@H]21. The average Bonchev–Trinajstić information content (AvgIpc) is 2.72. The first kappa shape index (κ1) is 26.0. The summed E-state index contributed by atoms with van der Waals surface area (Å²) in [5.41, 5.74) is 0.524. The van der Waals surface area contributed by atoms with Gasteiger partial charge in [0.25, 0.3) is 0 Å². The van der Waals surface area contributed by atoms with Crippen molar-refractivity contribution in [2.45, 2.75) is 110 Å². The van der Waals surface area contributed by atoms with Gasteiger partial charge >= 0.3 is 11.9 Å². The molecule has 7 atom stereocenters. The highest BCUT2D eigenvalue weighted by atomic mass is 16.6. The van der Waals surface area contributed by atoms with Gasteiger partial charge in [-0.25, -0.2) is 0 Å². The molecule has 0 aromatic rings. The maximum absolute atomic E-state index is 13.3. The smallest absolute Gasteiger partial charge is 0.312 e. The van der Waals surface area contributed by atoms with Crippen LogP contribution in [0.2, 0.25) is 0 Å². The topological polar surface area (TPSA) is 93.1 Å². The van der Waals surface area contributed by atoms with Crippen molar-refractivity contribution >= 4 is 11.9 Å². The lowest BCUT2D eigenvalue weighted by molar-refractivity contribution is -0.168. The number of allylic oxidation sites excluding steroid dienone is 2. The number of aliphatic hydroxyl groups excluding tert-OH is 2. The maximum Gasteiger partial charge on any atom is 0.312 e. The maximum atomic E-state index is 13.3. The van der Waals surface area contributed by atoms with Crippen LogP contribution in [-0.4, -0.2) is 46.6 Å². The zero-order valence-electron chi connectivity index (χ0n) is 20.7. The number of rotatable bonds is 9. The largest absolute Gasteiger partial charge is 0.462 e. The Hall–Kier alpha value is -1.66. The number of cyclic esters (lactones) is 1. The fraction of sp³-hybridized carbons (Fsp3) is 0.778. The van der Waals surface area contributed by atoms with Crippen LogP contribution >= 0.6 is 0 Å². The quantitative estimate of drug-likeness (QED) is 0.491. The van der Waals surface area contributed by atoms with E-state index in [1.807, 2.05) is 13.0 Å². The van der Waals surface area contributed by atoms with Gasteiger partial charge in [-0.1, -0.05) is 51.8 Å². The minimum atomic E-state index is -0.635. The summed E-state index contributed by atoms with van der Waals surface area (Å²) < 4.78 is 11.7. The van der Waals surface area contributed by atoms with Crippen LogP contribution in [0.5, 0.6) is 0 Å². The highest BCUT2D eigenvalue weighted by Gasteiger charge is 2.44. The molecule has 0 unspecified atom stereocenters. The second-order valence-electron chi connectivity index (χ2n) is 10.7. The second-order valence-corrected chi connectivity index (χ2v) is 10.7. The van der Waals surface area contributed by atoms with E-state index in [1.165, 1.54) is 0 Å². The molecule has 3 rings (SSSR count). The summed E-state index contributed by atoms with van der Waals surface area (Å²) in [7, 11) is 0. The minimum Gasteiger partial charge on any atom is -0.462 e. The first-order valence-electron chi connectivity index (χ1n) is 12.8. The van der Waals surface area contributed by atoms with E-state index in [0.717, 1.165) is 37.7 Å². The molecule has 1 aliphatic heterocycles. The Morgan fingerprint density at radius 1 is 1.18 bits per heavy atom. The van der Waals surface area contributed by atoms with Crippen LogP contribution in [0.1, 0.15) is 85.5 Å². The van der Waals surface area contributed by atoms with E-state index in [0.29, 0.717) is 19.3 Å². The third-order valence-electron chi connectivity index (χ3n) is 7.79. The van der Waals surface area contributed by atoms with Crippen molar-refractivity contribution in [1.29, 1.82) is 0 Å². The standard InChI is InChI=1S/C27H42O6/c1-5-11-27(4,12-6-2)26(31)33-23-15-19(28)13-18-8-7-17(3)22(25(18)23)10-9-21-14-20(29)16-24(30)32-21/h7-8,13,17,19-23,25,28-29H,5-6,9-12,14-16H2,1-4H3/t17-,19+,20+,21+,22-,23-,25-/m0/s1. The molecule has 33 heavy (non-hydrogen) atoms. The number of carbonyl (C=O) groups excluding carboxylic acids is 2. The van der Waals surface area contributed by atoms with Crippen molar-refractivity contribution in [3.05, 3.63) is 23.8 Å². The van der Waals surface area contributed by atoms with Gasteiger partial charge in [-0.2, -0.15) is 0 Å². The van der Waals surface area contributed by atoms with Crippen molar-refractivity contribution in [1.82, 2.24) is 0 Å². The number of esters is 2. The number of hydrogen-bond acceptors (Lipinski definition) is 6. The fourth-order valence-electron chi connectivity index (χ4n) is 6.12. The Balaban J connectivity index is 1.77. The molecule has 1 fully saturated rings. The molecule has 186 valence electrons. The molecule has 1 saturated heterocycles. The Kier molecular flexibility index (Phi) is 8.79. The summed E-state index contributed by atoms with van der Waals surface area (Å²) in [6, 6.07) is 0. The highest BCUT2D eigenvalue weighted by molar-refractivity contribution is 5.76. The van der Waals surface area contributed by atoms with Crippen molar-refractivity contribution in [2.75, 3.05) is 0 Å². The monoisotopic (exact) mass is 462 g/mol. The van der Waals surface area contributed by atoms with Crippen LogP contribution in [0, 0.1) is 23.2 Å². The Morgan fingerprint density at radius 3 is 2.52 bits per heavy atom. The van der Waals surface area contributed by atoms with E-state index in [2.05, 4.69) is 32.9 Å². The molecule has 1 heterocycles. The van der Waals surface area contributed by atoms with Gasteiger partial charge < -0.3 is 19.7 Å². The first-order chi connectivity index (χ1) is 15.7. The number of carbonyl (C=O) groups is 2. The van der Waals surface area contributed by atoms with E-state index in [1.54, 1.807) is 0 Å². The molecule has 0 bridgehead atoms. The Morgan fingerprint density at radius 2 is 1.88 bits per heavy atom. The normalized spacial score (nSPS) is 34.3. The number of ether oxygens (including phenoxy) is 2. The molecule has 6 nitrogen and oxygen atoms in total. The average molecular weight is 463 g/mol. The molecule has 0 spiro atoms. The third-order valence-corrected chi connectivity index (χ3v) is 7.79. The van der Waals surface area contributed by atoms with Gasteiger partial charge in [0.05, 0.1) is 24.0 Å². The van der Waals surface area contributed by atoms with Crippen molar-refractivity contribution < 1.29 is 29.3 Å². The summed E-state index contributed by atoms with van der Waals surface area (Å²) in [4.78, 5) is 25.1. The van der Waals surface area contributed by atoms with Crippen molar-refractivity contribution in [2.24, 2.45) is 23.2 Å². The van der Waals surface area contributed by atoms with Crippen LogP contribution in [0.15, 0.2) is 23.8 Å². The summed E-state index contributed by atoms with van der Waals surface area (Å²) in [5, 5.41) is 20.5. The molecule has 0 aromatic carbocycles. The lowest BCUT2D eigenvalue weighted by Gasteiger charge is -2.44. The van der Waals surface area contributed by atoms with E-state index >= 15 is 0 Å². The first-order valence-corrected chi connectivity index (χ1v) is 12.8. The summed E-state index contributed by atoms with van der Waals surface area (Å²) in [5.74, 6) is -0.0166. The summed E-state index contributed by atoms with van der Waals surface area (Å²) >= 11 is 0. The van der Waals surface area contributed by atoms with Crippen LogP contribution < -0.4 is 0 Å². The van der Waals surface area contributed by atoms with Crippen molar-refractivity contribution in [3.8, 4) is 0 Å². The third kappa shape index (κ3) is 6.27. The van der Waals surface area contributed by atoms with Crippen molar-refractivity contribution in [3.63, 3.8) is 0 Å². The molecular formula is C27H42O6. The number of hydrogen-bond donors (Lipinski definition) is 2. The van der Waals surface area contributed by atoms with E-state index in [9.17, 15) is 19.8 Å². The van der Waals surface area contributed by atoms with Gasteiger partial charge in [0.15, 0.2) is 0 Å². The molecule has 3 aliphatic rings. The Bertz CT molecular complexity index is 750. The molecule has 0 amide bonds. The molecule has 2 N–H and O–H groups in total. The lowest BCUT2D eigenvalue weighted by Crippen LogP contribution is -2.45. The molecular weight excluding hydrogens is 420 g/mol. The molecule has 6 heteroatoms. The molecule has 0 radical (unpaired) electrons. The zero-order chi connectivity index (χ0) is 24.2. The van der Waals surface area contributed by atoms with Gasteiger partial charge in [0.1, 0.15) is 12.2 Å². The van der Waals surface area contributed by atoms with Crippen LogP contribution in [0.25, 0.3) is 0 Å². The Labute approximate surface area is 198 Å². The predicted octanol–water partition coefficient (Wildman–Crippen LogP) is 4.48. The van der Waals surface area contributed by atoms with E-state index < -0.39 is 17.6 Å². The van der Waals surface area contributed by atoms with E-state index in [-0.39, 0.29) is 48.3 Å². The second kappa shape index (κ2) is 11.2. The zero-order valence-corrected chi connectivity index (χ0v) is 20.7. The number of fused-ring (bicyclic) bond motifs is 1. The molecule has 2 aliphatic carbocycles.